The van der Waals surface area contributed by atoms with Crippen LogP contribution in [-0.2, 0) is 5.88 Å². The minimum Gasteiger partial charge on any atom is -0.387 e. The molecule has 1 unspecified atom stereocenters. The standard InChI is InChI=1S/C7H11BrN2OS/c1-5(11)7-6(8)3-9-10(7)4-12-2/h3,5,11H,4H2,1-2H3. The molecule has 0 radical (unpaired) electrons. The second-order valence-corrected chi connectivity index (χ2v) is 4.16. The van der Waals surface area contributed by atoms with Crippen molar-refractivity contribution in [2.75, 3.05) is 6.26 Å². The van der Waals surface area contributed by atoms with E-state index in [1.807, 2.05) is 6.26 Å². The smallest absolute Gasteiger partial charge is 0.0940 e. The lowest BCUT2D eigenvalue weighted by molar-refractivity contribution is 0.188. The maximum atomic E-state index is 9.40. The molecule has 5 heteroatoms. The molecule has 0 amide bonds. The summed E-state index contributed by atoms with van der Waals surface area (Å²) in [6.07, 6.45) is 3.23. The Bertz CT molecular complexity index is 262. The molecule has 0 aliphatic carbocycles. The predicted molar refractivity (Wildman–Crippen MR) is 54.1 cm³/mol. The van der Waals surface area contributed by atoms with E-state index in [4.69, 9.17) is 0 Å². The molecular weight excluding hydrogens is 240 g/mol. The average molecular weight is 251 g/mol. The molecule has 1 aromatic heterocycles. The molecule has 3 nitrogen and oxygen atoms in total. The van der Waals surface area contributed by atoms with Gasteiger partial charge in [-0.2, -0.15) is 5.10 Å². The lowest BCUT2D eigenvalue weighted by atomic mass is 10.3. The molecular formula is C7H11BrN2OS. The summed E-state index contributed by atoms with van der Waals surface area (Å²) >= 11 is 5.00. The monoisotopic (exact) mass is 250 g/mol. The summed E-state index contributed by atoms with van der Waals surface area (Å²) < 4.78 is 2.66. The van der Waals surface area contributed by atoms with Crippen LogP contribution in [0.4, 0.5) is 0 Å². The number of aliphatic hydroxyl groups is 1. The maximum absolute atomic E-state index is 9.40. The Morgan fingerprint density at radius 3 is 3.00 bits per heavy atom. The van der Waals surface area contributed by atoms with Gasteiger partial charge in [-0.3, -0.25) is 4.68 Å². The van der Waals surface area contributed by atoms with Gasteiger partial charge in [0.1, 0.15) is 0 Å². The highest BCUT2D eigenvalue weighted by atomic mass is 79.9. The number of thioether (sulfide) groups is 1. The van der Waals surface area contributed by atoms with Gasteiger partial charge in [0.25, 0.3) is 0 Å². The minimum absolute atomic E-state index is 0.478. The van der Waals surface area contributed by atoms with Crippen molar-refractivity contribution in [2.24, 2.45) is 0 Å². The van der Waals surface area contributed by atoms with Crippen LogP contribution in [0.5, 0.6) is 0 Å². The number of hydrogen-bond acceptors (Lipinski definition) is 3. The molecule has 0 fully saturated rings. The Balaban J connectivity index is 2.95. The molecule has 1 rings (SSSR count). The van der Waals surface area contributed by atoms with E-state index >= 15 is 0 Å². The molecule has 1 atom stereocenters. The van der Waals surface area contributed by atoms with E-state index in [0.29, 0.717) is 0 Å². The zero-order valence-corrected chi connectivity index (χ0v) is 9.39. The number of aromatic nitrogens is 2. The second-order valence-electron chi connectivity index (χ2n) is 2.47. The highest BCUT2D eigenvalue weighted by molar-refractivity contribution is 9.10. The number of halogens is 1. The van der Waals surface area contributed by atoms with Crippen molar-refractivity contribution in [1.29, 1.82) is 0 Å². The highest BCUT2D eigenvalue weighted by Crippen LogP contribution is 2.23. The van der Waals surface area contributed by atoms with Gasteiger partial charge in [0.2, 0.25) is 0 Å². The third kappa shape index (κ3) is 2.02. The van der Waals surface area contributed by atoms with E-state index in [9.17, 15) is 5.11 Å². The van der Waals surface area contributed by atoms with Gasteiger partial charge in [0.15, 0.2) is 0 Å². The van der Waals surface area contributed by atoms with E-state index < -0.39 is 6.10 Å². The molecule has 1 N–H and O–H groups in total. The Morgan fingerprint density at radius 1 is 1.83 bits per heavy atom. The van der Waals surface area contributed by atoms with Gasteiger partial charge in [-0.25, -0.2) is 0 Å². The number of hydrogen-bond donors (Lipinski definition) is 1. The third-order valence-corrected chi connectivity index (χ3v) is 2.59. The summed E-state index contributed by atoms with van der Waals surface area (Å²) in [6, 6.07) is 0. The van der Waals surface area contributed by atoms with Gasteiger partial charge in [-0.1, -0.05) is 0 Å². The average Bonchev–Trinajstić information content (AvgIpc) is 2.32. The SMILES string of the molecule is CSCn1ncc(Br)c1C(C)O. The Morgan fingerprint density at radius 2 is 2.50 bits per heavy atom. The zero-order valence-electron chi connectivity index (χ0n) is 6.99. The summed E-state index contributed by atoms with van der Waals surface area (Å²) in [7, 11) is 0. The van der Waals surface area contributed by atoms with Crippen LogP contribution in [0, 0.1) is 0 Å². The predicted octanol–water partition coefficient (Wildman–Crippen LogP) is 2.02. The van der Waals surface area contributed by atoms with Crippen LogP contribution >= 0.6 is 27.7 Å². The lowest BCUT2D eigenvalue weighted by Gasteiger charge is -2.08. The first-order valence-electron chi connectivity index (χ1n) is 3.55. The molecule has 0 aliphatic heterocycles. The normalized spacial score (nSPS) is 13.3. The van der Waals surface area contributed by atoms with E-state index in [0.717, 1.165) is 16.0 Å². The highest BCUT2D eigenvalue weighted by Gasteiger charge is 2.12. The van der Waals surface area contributed by atoms with Gasteiger partial charge >= 0.3 is 0 Å². The number of nitrogens with zero attached hydrogens (tertiary/aromatic N) is 2. The quantitative estimate of drug-likeness (QED) is 0.893. The van der Waals surface area contributed by atoms with Crippen molar-refractivity contribution in [3.05, 3.63) is 16.4 Å². The maximum Gasteiger partial charge on any atom is 0.0940 e. The fraction of sp³-hybridized carbons (Fsp3) is 0.571. The van der Waals surface area contributed by atoms with Crippen LogP contribution in [0.2, 0.25) is 0 Å². The summed E-state index contributed by atoms with van der Waals surface area (Å²) in [5.74, 6) is 0.770. The van der Waals surface area contributed by atoms with Gasteiger partial charge < -0.3 is 5.11 Å². The Hall–Kier alpha value is -0.0000000000000000763. The van der Waals surface area contributed by atoms with Crippen LogP contribution in [0.15, 0.2) is 10.7 Å². The summed E-state index contributed by atoms with van der Waals surface area (Å²) in [5.41, 5.74) is 0.837. The van der Waals surface area contributed by atoms with Crippen LogP contribution < -0.4 is 0 Å². The third-order valence-electron chi connectivity index (χ3n) is 1.48. The fourth-order valence-electron chi connectivity index (χ4n) is 1.01. The first-order valence-corrected chi connectivity index (χ1v) is 5.73. The first kappa shape index (κ1) is 10.1. The van der Waals surface area contributed by atoms with Gasteiger partial charge in [0.05, 0.1) is 28.3 Å². The fourth-order valence-corrected chi connectivity index (χ4v) is 2.09. The van der Waals surface area contributed by atoms with Gasteiger partial charge in [0, 0.05) is 0 Å². The van der Waals surface area contributed by atoms with Crippen molar-refractivity contribution < 1.29 is 5.11 Å². The molecule has 1 aromatic rings. The van der Waals surface area contributed by atoms with Crippen molar-refractivity contribution >= 4 is 27.7 Å². The van der Waals surface area contributed by atoms with E-state index in [1.54, 1.807) is 29.6 Å². The minimum atomic E-state index is -0.478. The van der Waals surface area contributed by atoms with Crippen LogP contribution in [0.25, 0.3) is 0 Å². The summed E-state index contributed by atoms with van der Waals surface area (Å²) in [5, 5.41) is 13.5. The number of aliphatic hydroxyl groups excluding tert-OH is 1. The first-order chi connectivity index (χ1) is 5.66. The van der Waals surface area contributed by atoms with Gasteiger partial charge in [-0.15, -0.1) is 11.8 Å². The van der Waals surface area contributed by atoms with Crippen molar-refractivity contribution in [3.8, 4) is 0 Å². The molecule has 68 valence electrons. The molecule has 0 saturated carbocycles. The van der Waals surface area contributed by atoms with Crippen molar-refractivity contribution in [2.45, 2.75) is 18.9 Å². The largest absolute Gasteiger partial charge is 0.387 e. The van der Waals surface area contributed by atoms with Crippen molar-refractivity contribution in [3.63, 3.8) is 0 Å². The zero-order chi connectivity index (χ0) is 9.14. The Labute approximate surface area is 84.3 Å². The lowest BCUT2D eigenvalue weighted by Crippen LogP contribution is -2.05. The van der Waals surface area contributed by atoms with Crippen molar-refractivity contribution in [1.82, 2.24) is 9.78 Å². The van der Waals surface area contributed by atoms with Crippen LogP contribution in [0.1, 0.15) is 18.7 Å². The van der Waals surface area contributed by atoms with E-state index in [2.05, 4.69) is 21.0 Å². The van der Waals surface area contributed by atoms with Crippen LogP contribution in [0.3, 0.4) is 0 Å². The van der Waals surface area contributed by atoms with E-state index in [1.165, 1.54) is 0 Å². The molecule has 0 saturated heterocycles. The molecule has 0 spiro atoms. The second kappa shape index (κ2) is 4.30. The molecule has 0 bridgehead atoms. The molecule has 0 aromatic carbocycles. The van der Waals surface area contributed by atoms with Crippen LogP contribution in [-0.4, -0.2) is 21.1 Å². The number of rotatable bonds is 3. The molecule has 1 heterocycles. The molecule has 12 heavy (non-hydrogen) atoms. The Kier molecular flexibility index (Phi) is 3.61. The topological polar surface area (TPSA) is 38.0 Å². The van der Waals surface area contributed by atoms with Gasteiger partial charge in [-0.05, 0) is 29.1 Å². The summed E-state index contributed by atoms with van der Waals surface area (Å²) in [4.78, 5) is 0. The molecule has 0 aliphatic rings. The summed E-state index contributed by atoms with van der Waals surface area (Å²) in [6.45, 7) is 1.73. The van der Waals surface area contributed by atoms with E-state index in [-0.39, 0.29) is 0 Å².